The van der Waals surface area contributed by atoms with E-state index < -0.39 is 5.97 Å². The van der Waals surface area contributed by atoms with Gasteiger partial charge < -0.3 is 19.6 Å². The lowest BCUT2D eigenvalue weighted by atomic mass is 10.1. The molecule has 6 nitrogen and oxygen atoms in total. The number of benzene rings is 1. The lowest BCUT2D eigenvalue weighted by molar-refractivity contribution is 0.0483. The van der Waals surface area contributed by atoms with Gasteiger partial charge in [-0.3, -0.25) is 0 Å². The average molecular weight is 304 g/mol. The van der Waals surface area contributed by atoms with Crippen LogP contribution in [0, 0.1) is 0 Å². The summed E-state index contributed by atoms with van der Waals surface area (Å²) in [5.41, 5.74) is 6.16. The van der Waals surface area contributed by atoms with Crippen LogP contribution < -0.4 is 10.5 Å². The monoisotopic (exact) mass is 304 g/mol. The molecule has 22 heavy (non-hydrogen) atoms. The van der Waals surface area contributed by atoms with Crippen LogP contribution in [0.2, 0.25) is 0 Å². The molecule has 1 aromatic carbocycles. The fourth-order valence-corrected chi connectivity index (χ4v) is 1.89. The summed E-state index contributed by atoms with van der Waals surface area (Å²) in [6.45, 7) is 4.37. The summed E-state index contributed by atoms with van der Waals surface area (Å²) in [5, 5.41) is 0. The first kappa shape index (κ1) is 16.0. The van der Waals surface area contributed by atoms with E-state index in [1.807, 2.05) is 37.3 Å². The minimum Gasteiger partial charge on any atom is -0.484 e. The first-order chi connectivity index (χ1) is 10.7. The van der Waals surface area contributed by atoms with Gasteiger partial charge in [0.2, 0.25) is 11.7 Å². The molecule has 0 aliphatic heterocycles. The fraction of sp³-hybridized carbons (Fsp3) is 0.375. The quantitative estimate of drug-likeness (QED) is 0.791. The SMILES string of the molecule is CCOC(=O)c1oc(COc2ccccc2)nc1C(C)CN. The summed E-state index contributed by atoms with van der Waals surface area (Å²) < 4.78 is 16.1. The predicted molar refractivity (Wildman–Crippen MR) is 80.7 cm³/mol. The van der Waals surface area contributed by atoms with Crippen molar-refractivity contribution in [3.8, 4) is 5.75 Å². The highest BCUT2D eigenvalue weighted by molar-refractivity contribution is 5.87. The third-order valence-corrected chi connectivity index (χ3v) is 3.08. The standard InChI is InChI=1S/C16H20N2O4/c1-3-20-16(19)15-14(11(2)9-17)18-13(22-15)10-21-12-7-5-4-6-8-12/h4-8,11H,3,9-10,17H2,1-2H3. The molecule has 0 radical (unpaired) electrons. The van der Waals surface area contributed by atoms with Gasteiger partial charge in [-0.2, -0.15) is 0 Å². The number of hydrogen-bond donors (Lipinski definition) is 1. The summed E-state index contributed by atoms with van der Waals surface area (Å²) in [6, 6.07) is 9.31. The highest BCUT2D eigenvalue weighted by Gasteiger charge is 2.24. The van der Waals surface area contributed by atoms with Gasteiger partial charge in [-0.05, 0) is 19.1 Å². The Labute approximate surface area is 129 Å². The lowest BCUT2D eigenvalue weighted by Crippen LogP contribution is -2.14. The first-order valence-electron chi connectivity index (χ1n) is 7.20. The summed E-state index contributed by atoms with van der Waals surface area (Å²) in [6.07, 6.45) is 0. The number of esters is 1. The van der Waals surface area contributed by atoms with Gasteiger partial charge in [0.15, 0.2) is 6.61 Å². The molecule has 118 valence electrons. The number of rotatable bonds is 7. The average Bonchev–Trinajstić information content (AvgIpc) is 2.98. The van der Waals surface area contributed by atoms with Crippen LogP contribution in [0.15, 0.2) is 34.7 Å². The van der Waals surface area contributed by atoms with Crippen LogP contribution in [0.4, 0.5) is 0 Å². The number of nitrogens with zero attached hydrogens (tertiary/aromatic N) is 1. The highest BCUT2D eigenvalue weighted by atomic mass is 16.5. The van der Waals surface area contributed by atoms with E-state index in [-0.39, 0.29) is 24.9 Å². The summed E-state index contributed by atoms with van der Waals surface area (Å²) >= 11 is 0. The van der Waals surface area contributed by atoms with Gasteiger partial charge in [-0.1, -0.05) is 25.1 Å². The maximum atomic E-state index is 11.9. The first-order valence-corrected chi connectivity index (χ1v) is 7.20. The third-order valence-electron chi connectivity index (χ3n) is 3.08. The number of nitrogens with two attached hydrogens (primary N) is 1. The zero-order valence-electron chi connectivity index (χ0n) is 12.7. The Morgan fingerprint density at radius 1 is 1.36 bits per heavy atom. The zero-order chi connectivity index (χ0) is 15.9. The minimum atomic E-state index is -0.531. The molecule has 2 N–H and O–H groups in total. The predicted octanol–water partition coefficient (Wildman–Crippen LogP) is 2.49. The molecule has 0 bridgehead atoms. The number of carbonyl (C=O) groups is 1. The van der Waals surface area contributed by atoms with Gasteiger partial charge in [0.25, 0.3) is 0 Å². The van der Waals surface area contributed by atoms with Gasteiger partial charge in [0.1, 0.15) is 5.75 Å². The Bertz CT molecular complexity index is 610. The Morgan fingerprint density at radius 2 is 2.09 bits per heavy atom. The number of carbonyl (C=O) groups excluding carboxylic acids is 1. The number of ether oxygens (including phenoxy) is 2. The van der Waals surface area contributed by atoms with Crippen LogP contribution in [0.1, 0.15) is 41.9 Å². The molecule has 0 fully saturated rings. The molecule has 2 rings (SSSR count). The van der Waals surface area contributed by atoms with Gasteiger partial charge in [-0.15, -0.1) is 0 Å². The molecule has 0 aliphatic carbocycles. The fourth-order valence-electron chi connectivity index (χ4n) is 1.89. The molecule has 1 heterocycles. The Hall–Kier alpha value is -2.34. The van der Waals surface area contributed by atoms with E-state index in [1.165, 1.54) is 0 Å². The van der Waals surface area contributed by atoms with Crippen molar-refractivity contribution in [1.29, 1.82) is 0 Å². The normalized spacial score (nSPS) is 12.0. The van der Waals surface area contributed by atoms with Crippen LogP contribution in [-0.2, 0) is 11.3 Å². The van der Waals surface area contributed by atoms with E-state index in [4.69, 9.17) is 19.6 Å². The smallest absolute Gasteiger partial charge is 0.376 e. The Balaban J connectivity index is 2.16. The van der Waals surface area contributed by atoms with Crippen molar-refractivity contribution in [2.75, 3.05) is 13.2 Å². The number of hydrogen-bond acceptors (Lipinski definition) is 6. The molecule has 0 spiro atoms. The topological polar surface area (TPSA) is 87.6 Å². The number of oxazole rings is 1. The minimum absolute atomic E-state index is 0.103. The summed E-state index contributed by atoms with van der Waals surface area (Å²) in [5.74, 6) is 0.491. The molecule has 0 saturated heterocycles. The van der Waals surface area contributed by atoms with Gasteiger partial charge in [0, 0.05) is 12.5 Å². The van der Waals surface area contributed by atoms with E-state index in [1.54, 1.807) is 6.92 Å². The van der Waals surface area contributed by atoms with E-state index in [0.717, 1.165) is 0 Å². The van der Waals surface area contributed by atoms with E-state index in [2.05, 4.69) is 4.98 Å². The molecular weight excluding hydrogens is 284 g/mol. The highest BCUT2D eigenvalue weighted by Crippen LogP contribution is 2.22. The van der Waals surface area contributed by atoms with Gasteiger partial charge in [0.05, 0.1) is 12.3 Å². The van der Waals surface area contributed by atoms with Crippen molar-refractivity contribution in [1.82, 2.24) is 4.98 Å². The van der Waals surface area contributed by atoms with E-state index in [0.29, 0.717) is 23.9 Å². The van der Waals surface area contributed by atoms with Crippen LogP contribution in [0.3, 0.4) is 0 Å². The molecule has 2 aromatic rings. The van der Waals surface area contributed by atoms with Crippen molar-refractivity contribution in [3.05, 3.63) is 47.7 Å². The molecule has 1 atom stereocenters. The Morgan fingerprint density at radius 3 is 2.73 bits per heavy atom. The van der Waals surface area contributed by atoms with E-state index >= 15 is 0 Å². The van der Waals surface area contributed by atoms with Crippen molar-refractivity contribution < 1.29 is 18.7 Å². The maximum Gasteiger partial charge on any atom is 0.376 e. The van der Waals surface area contributed by atoms with Crippen LogP contribution in [0.25, 0.3) is 0 Å². The van der Waals surface area contributed by atoms with Crippen LogP contribution >= 0.6 is 0 Å². The Kier molecular flexibility index (Phi) is 5.55. The van der Waals surface area contributed by atoms with Crippen molar-refractivity contribution >= 4 is 5.97 Å². The third kappa shape index (κ3) is 3.85. The number of para-hydroxylation sites is 1. The van der Waals surface area contributed by atoms with Gasteiger partial charge >= 0.3 is 5.97 Å². The molecular formula is C16H20N2O4. The summed E-state index contributed by atoms with van der Waals surface area (Å²) in [4.78, 5) is 16.3. The maximum absolute atomic E-state index is 11.9. The second kappa shape index (κ2) is 7.61. The number of aromatic nitrogens is 1. The van der Waals surface area contributed by atoms with E-state index in [9.17, 15) is 4.79 Å². The van der Waals surface area contributed by atoms with Crippen molar-refractivity contribution in [2.45, 2.75) is 26.4 Å². The molecule has 0 amide bonds. The van der Waals surface area contributed by atoms with Gasteiger partial charge in [-0.25, -0.2) is 9.78 Å². The van der Waals surface area contributed by atoms with Crippen molar-refractivity contribution in [3.63, 3.8) is 0 Å². The molecule has 1 unspecified atom stereocenters. The van der Waals surface area contributed by atoms with Crippen LogP contribution in [-0.4, -0.2) is 24.1 Å². The summed E-state index contributed by atoms with van der Waals surface area (Å²) in [7, 11) is 0. The molecule has 0 saturated carbocycles. The lowest BCUT2D eigenvalue weighted by Gasteiger charge is -2.05. The molecule has 1 aromatic heterocycles. The second-order valence-corrected chi connectivity index (χ2v) is 4.78. The van der Waals surface area contributed by atoms with Crippen molar-refractivity contribution in [2.24, 2.45) is 5.73 Å². The second-order valence-electron chi connectivity index (χ2n) is 4.78. The largest absolute Gasteiger partial charge is 0.484 e. The zero-order valence-corrected chi connectivity index (χ0v) is 12.7. The molecule has 0 aliphatic rings. The van der Waals surface area contributed by atoms with Crippen LogP contribution in [0.5, 0.6) is 5.75 Å². The molecule has 6 heteroatoms.